The lowest BCUT2D eigenvalue weighted by Crippen LogP contribution is -2.53. The van der Waals surface area contributed by atoms with Gasteiger partial charge in [-0.2, -0.15) is 0 Å². The molecule has 6 heteroatoms. The van der Waals surface area contributed by atoms with Crippen molar-refractivity contribution in [3.8, 4) is 16.9 Å². The summed E-state index contributed by atoms with van der Waals surface area (Å²) in [6, 6.07) is 15.0. The van der Waals surface area contributed by atoms with Crippen LogP contribution in [0.15, 0.2) is 48.5 Å². The fourth-order valence-electron chi connectivity index (χ4n) is 3.17. The van der Waals surface area contributed by atoms with Gasteiger partial charge in [0.15, 0.2) is 0 Å². The van der Waals surface area contributed by atoms with E-state index in [2.05, 4.69) is 16.0 Å². The number of rotatable bonds is 5. The van der Waals surface area contributed by atoms with E-state index in [1.165, 1.54) is 0 Å². The van der Waals surface area contributed by atoms with Gasteiger partial charge in [0.25, 0.3) is 0 Å². The molecule has 4 N–H and O–H groups in total. The average molecular weight is 355 g/mol. The third-order valence-corrected chi connectivity index (χ3v) is 4.57. The summed E-state index contributed by atoms with van der Waals surface area (Å²) in [7, 11) is 1.64. The van der Waals surface area contributed by atoms with Crippen LogP contribution >= 0.6 is 0 Å². The number of benzene rings is 2. The summed E-state index contributed by atoms with van der Waals surface area (Å²) in [4.78, 5) is 12.2. The fourth-order valence-corrected chi connectivity index (χ4v) is 3.17. The third-order valence-electron chi connectivity index (χ3n) is 4.57. The van der Waals surface area contributed by atoms with E-state index in [1.807, 2.05) is 48.5 Å². The van der Waals surface area contributed by atoms with E-state index in [0.717, 1.165) is 29.8 Å². The molecule has 3 rings (SSSR count). The number of aliphatic hydroxyl groups is 1. The Morgan fingerprint density at radius 2 is 2.12 bits per heavy atom. The predicted octanol–water partition coefficient (Wildman–Crippen LogP) is 2.60. The van der Waals surface area contributed by atoms with E-state index in [-0.39, 0.29) is 12.6 Å². The number of ether oxygens (including phenoxy) is 1. The molecule has 1 fully saturated rings. The molecule has 2 aromatic rings. The zero-order chi connectivity index (χ0) is 18.4. The molecule has 1 atom stereocenters. The Morgan fingerprint density at radius 1 is 1.27 bits per heavy atom. The van der Waals surface area contributed by atoms with Gasteiger partial charge in [-0.05, 0) is 43.1 Å². The van der Waals surface area contributed by atoms with Crippen LogP contribution in [-0.2, 0) is 0 Å². The van der Waals surface area contributed by atoms with Crippen LogP contribution in [0.1, 0.15) is 12.8 Å². The first-order valence-electron chi connectivity index (χ1n) is 8.81. The lowest BCUT2D eigenvalue weighted by molar-refractivity contribution is 0.0198. The van der Waals surface area contributed by atoms with Gasteiger partial charge >= 0.3 is 6.03 Å². The number of β-amino-alcohol motifs (C(OH)–C–C–N with tert-alkyl or cyclic N) is 1. The van der Waals surface area contributed by atoms with Crippen LogP contribution in [0.3, 0.4) is 0 Å². The van der Waals surface area contributed by atoms with Crippen molar-refractivity contribution >= 4 is 11.7 Å². The minimum atomic E-state index is -0.880. The van der Waals surface area contributed by atoms with Crippen molar-refractivity contribution in [3.63, 3.8) is 0 Å². The highest BCUT2D eigenvalue weighted by molar-refractivity contribution is 5.90. The normalized spacial score (nSPS) is 19.6. The Hall–Kier alpha value is -2.57. The number of methoxy groups -OCH3 is 1. The topological polar surface area (TPSA) is 82.6 Å². The molecule has 0 aliphatic carbocycles. The van der Waals surface area contributed by atoms with Crippen LogP contribution in [0.25, 0.3) is 11.1 Å². The largest absolute Gasteiger partial charge is 0.496 e. The second kappa shape index (κ2) is 8.21. The molecule has 2 aromatic carbocycles. The zero-order valence-corrected chi connectivity index (χ0v) is 14.9. The SMILES string of the molecule is COc1ccccc1-c1cccc(NC(=O)NC[C@@]2(O)CCCNC2)c1. The summed E-state index contributed by atoms with van der Waals surface area (Å²) in [6.07, 6.45) is 1.59. The molecule has 1 aliphatic rings. The Balaban J connectivity index is 1.64. The van der Waals surface area contributed by atoms with E-state index in [0.29, 0.717) is 18.7 Å². The first-order chi connectivity index (χ1) is 12.6. The maximum absolute atomic E-state index is 12.2. The van der Waals surface area contributed by atoms with E-state index in [4.69, 9.17) is 4.74 Å². The molecule has 1 aliphatic heterocycles. The van der Waals surface area contributed by atoms with Gasteiger partial charge in [0.05, 0.1) is 12.7 Å². The molecule has 1 saturated heterocycles. The Kier molecular flexibility index (Phi) is 5.75. The summed E-state index contributed by atoms with van der Waals surface area (Å²) in [5.74, 6) is 0.779. The number of carbonyl (C=O) groups is 1. The number of piperidine rings is 1. The quantitative estimate of drug-likeness (QED) is 0.664. The molecule has 0 unspecified atom stereocenters. The highest BCUT2D eigenvalue weighted by Gasteiger charge is 2.29. The molecule has 0 spiro atoms. The van der Waals surface area contributed by atoms with Crippen molar-refractivity contribution in [3.05, 3.63) is 48.5 Å². The van der Waals surface area contributed by atoms with Crippen molar-refractivity contribution in [2.24, 2.45) is 0 Å². The van der Waals surface area contributed by atoms with Crippen molar-refractivity contribution < 1.29 is 14.6 Å². The maximum atomic E-state index is 12.2. The summed E-state index contributed by atoms with van der Waals surface area (Å²) >= 11 is 0. The number of nitrogens with one attached hydrogen (secondary N) is 3. The summed E-state index contributed by atoms with van der Waals surface area (Å²) < 4.78 is 5.40. The first-order valence-corrected chi connectivity index (χ1v) is 8.81. The Labute approximate surface area is 153 Å². The van der Waals surface area contributed by atoms with Crippen LogP contribution in [0.2, 0.25) is 0 Å². The van der Waals surface area contributed by atoms with Gasteiger partial charge in [0, 0.05) is 24.3 Å². The van der Waals surface area contributed by atoms with Gasteiger partial charge in [0.1, 0.15) is 5.75 Å². The van der Waals surface area contributed by atoms with Gasteiger partial charge in [-0.3, -0.25) is 0 Å². The summed E-state index contributed by atoms with van der Waals surface area (Å²) in [5, 5.41) is 19.2. The monoisotopic (exact) mass is 355 g/mol. The Bertz CT molecular complexity index is 757. The molecule has 0 bridgehead atoms. The van der Waals surface area contributed by atoms with Crippen molar-refractivity contribution in [2.75, 3.05) is 32.1 Å². The van der Waals surface area contributed by atoms with Gasteiger partial charge in [-0.1, -0.05) is 30.3 Å². The predicted molar refractivity (Wildman–Crippen MR) is 103 cm³/mol. The third kappa shape index (κ3) is 4.53. The van der Waals surface area contributed by atoms with E-state index in [1.54, 1.807) is 7.11 Å². The average Bonchev–Trinajstić information content (AvgIpc) is 2.67. The highest BCUT2D eigenvalue weighted by Crippen LogP contribution is 2.30. The lowest BCUT2D eigenvalue weighted by atomic mass is 9.94. The van der Waals surface area contributed by atoms with Crippen LogP contribution in [0.5, 0.6) is 5.75 Å². The lowest BCUT2D eigenvalue weighted by Gasteiger charge is -2.32. The zero-order valence-electron chi connectivity index (χ0n) is 14.9. The van der Waals surface area contributed by atoms with Crippen LogP contribution in [-0.4, -0.2) is 43.5 Å². The highest BCUT2D eigenvalue weighted by atomic mass is 16.5. The molecule has 1 heterocycles. The summed E-state index contributed by atoms with van der Waals surface area (Å²) in [6.45, 7) is 1.62. The van der Waals surface area contributed by atoms with E-state index in [9.17, 15) is 9.90 Å². The number of hydrogen-bond acceptors (Lipinski definition) is 4. The van der Waals surface area contributed by atoms with Crippen LogP contribution in [0, 0.1) is 0 Å². The van der Waals surface area contributed by atoms with Gasteiger partial charge < -0.3 is 25.8 Å². The first kappa shape index (κ1) is 18.2. The number of anilines is 1. The van der Waals surface area contributed by atoms with Gasteiger partial charge in [-0.15, -0.1) is 0 Å². The molecular weight excluding hydrogens is 330 g/mol. The standard InChI is InChI=1S/C20H25N3O3/c1-26-18-9-3-2-8-17(18)15-6-4-7-16(12-15)23-19(24)22-14-20(25)10-5-11-21-13-20/h2-4,6-9,12,21,25H,5,10-11,13-14H2,1H3,(H2,22,23,24)/t20-/m1/s1. The number of hydrogen-bond donors (Lipinski definition) is 4. The number of urea groups is 1. The molecule has 6 nitrogen and oxygen atoms in total. The minimum Gasteiger partial charge on any atom is -0.496 e. The van der Waals surface area contributed by atoms with Crippen molar-refractivity contribution in [1.82, 2.24) is 10.6 Å². The van der Waals surface area contributed by atoms with Crippen molar-refractivity contribution in [2.45, 2.75) is 18.4 Å². The van der Waals surface area contributed by atoms with Crippen LogP contribution in [0.4, 0.5) is 10.5 Å². The molecule has 0 aromatic heterocycles. The molecule has 138 valence electrons. The number of amides is 2. The maximum Gasteiger partial charge on any atom is 0.319 e. The molecular formula is C20H25N3O3. The summed E-state index contributed by atoms with van der Waals surface area (Å²) in [5.41, 5.74) is 1.71. The van der Waals surface area contributed by atoms with E-state index < -0.39 is 5.60 Å². The fraction of sp³-hybridized carbons (Fsp3) is 0.350. The minimum absolute atomic E-state index is 0.220. The molecule has 0 radical (unpaired) electrons. The molecule has 0 saturated carbocycles. The molecule has 2 amide bonds. The number of carbonyl (C=O) groups excluding carboxylic acids is 1. The second-order valence-electron chi connectivity index (χ2n) is 6.59. The van der Waals surface area contributed by atoms with E-state index >= 15 is 0 Å². The van der Waals surface area contributed by atoms with Gasteiger partial charge in [-0.25, -0.2) is 4.79 Å². The van der Waals surface area contributed by atoms with Crippen LogP contribution < -0.4 is 20.7 Å². The van der Waals surface area contributed by atoms with Gasteiger partial charge in [0.2, 0.25) is 0 Å². The second-order valence-corrected chi connectivity index (χ2v) is 6.59. The number of para-hydroxylation sites is 1. The van der Waals surface area contributed by atoms with Crippen molar-refractivity contribution in [1.29, 1.82) is 0 Å². The molecule has 26 heavy (non-hydrogen) atoms. The Morgan fingerprint density at radius 3 is 2.88 bits per heavy atom. The smallest absolute Gasteiger partial charge is 0.319 e.